The zero-order valence-corrected chi connectivity index (χ0v) is 10.8. The maximum atomic E-state index is 11.6. The topological polar surface area (TPSA) is 39.2 Å². The fraction of sp³-hybridized carbons (Fsp3) is 0.0769. The number of ether oxygens (including phenoxy) is 1. The lowest BCUT2D eigenvalue weighted by atomic mass is 10.0. The molecule has 0 radical (unpaired) electrons. The van der Waals surface area contributed by atoms with Crippen molar-refractivity contribution >= 4 is 21.9 Å². The maximum absolute atomic E-state index is 11.6. The van der Waals surface area contributed by atoms with Gasteiger partial charge in [-0.2, -0.15) is 0 Å². The van der Waals surface area contributed by atoms with Crippen LogP contribution in [0.3, 0.4) is 0 Å². The van der Waals surface area contributed by atoms with E-state index in [1.807, 2.05) is 30.3 Å². The molecule has 0 bridgehead atoms. The fourth-order valence-electron chi connectivity index (χ4n) is 1.59. The largest absolute Gasteiger partial charge is 0.465 e. The second-order valence-corrected chi connectivity index (χ2v) is 4.22. The predicted molar refractivity (Wildman–Crippen MR) is 68.7 cm³/mol. The molecule has 1 heterocycles. The molecular formula is C13H10BrNO2. The summed E-state index contributed by atoms with van der Waals surface area (Å²) >= 11 is 3.31. The number of hydrogen-bond donors (Lipinski definition) is 0. The molecule has 0 unspecified atom stereocenters. The Bertz CT molecular complexity index is 555. The number of hydrogen-bond acceptors (Lipinski definition) is 3. The van der Waals surface area contributed by atoms with Gasteiger partial charge in [0.15, 0.2) is 0 Å². The molecule has 2 rings (SSSR count). The Hall–Kier alpha value is -1.68. The van der Waals surface area contributed by atoms with E-state index in [9.17, 15) is 4.79 Å². The van der Waals surface area contributed by atoms with Crippen molar-refractivity contribution in [3.8, 4) is 11.1 Å². The average Bonchev–Trinajstić information content (AvgIpc) is 2.38. The third-order valence-corrected chi connectivity index (χ3v) is 2.80. The molecule has 17 heavy (non-hydrogen) atoms. The molecule has 86 valence electrons. The van der Waals surface area contributed by atoms with E-state index in [1.54, 1.807) is 12.3 Å². The van der Waals surface area contributed by atoms with Gasteiger partial charge in [0, 0.05) is 6.20 Å². The summed E-state index contributed by atoms with van der Waals surface area (Å²) < 4.78 is 5.49. The molecule has 4 heteroatoms. The SMILES string of the molecule is COC(=O)c1ccccc1-c1ccnc(Br)c1. The van der Waals surface area contributed by atoms with Crippen LogP contribution in [0.4, 0.5) is 0 Å². The minimum absolute atomic E-state index is 0.339. The van der Waals surface area contributed by atoms with Crippen LogP contribution in [0.15, 0.2) is 47.2 Å². The first-order valence-corrected chi connectivity index (χ1v) is 5.81. The molecule has 0 saturated heterocycles. The molecule has 2 aromatic rings. The van der Waals surface area contributed by atoms with Crippen LogP contribution in [-0.4, -0.2) is 18.1 Å². The van der Waals surface area contributed by atoms with Gasteiger partial charge in [-0.1, -0.05) is 18.2 Å². The molecule has 0 N–H and O–H groups in total. The minimum atomic E-state index is -0.339. The summed E-state index contributed by atoms with van der Waals surface area (Å²) in [5, 5.41) is 0. The van der Waals surface area contributed by atoms with E-state index >= 15 is 0 Å². The second-order valence-electron chi connectivity index (χ2n) is 3.40. The van der Waals surface area contributed by atoms with Crippen molar-refractivity contribution < 1.29 is 9.53 Å². The van der Waals surface area contributed by atoms with Crippen molar-refractivity contribution in [2.24, 2.45) is 0 Å². The predicted octanol–water partition coefficient (Wildman–Crippen LogP) is 3.30. The Morgan fingerprint density at radius 2 is 2.06 bits per heavy atom. The lowest BCUT2D eigenvalue weighted by Gasteiger charge is -2.07. The van der Waals surface area contributed by atoms with Gasteiger partial charge in [-0.05, 0) is 45.3 Å². The summed E-state index contributed by atoms with van der Waals surface area (Å²) in [5.41, 5.74) is 2.31. The molecule has 0 spiro atoms. The molecular weight excluding hydrogens is 282 g/mol. The summed E-state index contributed by atoms with van der Waals surface area (Å²) in [7, 11) is 1.38. The lowest BCUT2D eigenvalue weighted by molar-refractivity contribution is 0.0601. The van der Waals surface area contributed by atoms with Gasteiger partial charge >= 0.3 is 5.97 Å². The van der Waals surface area contributed by atoms with Gasteiger partial charge in [-0.15, -0.1) is 0 Å². The van der Waals surface area contributed by atoms with Gasteiger partial charge in [-0.3, -0.25) is 0 Å². The molecule has 1 aromatic heterocycles. The Morgan fingerprint density at radius 3 is 2.76 bits per heavy atom. The van der Waals surface area contributed by atoms with Gasteiger partial charge in [0.25, 0.3) is 0 Å². The minimum Gasteiger partial charge on any atom is -0.465 e. The number of halogens is 1. The molecule has 3 nitrogen and oxygen atoms in total. The third-order valence-electron chi connectivity index (χ3n) is 2.37. The second kappa shape index (κ2) is 5.10. The Morgan fingerprint density at radius 1 is 1.29 bits per heavy atom. The van der Waals surface area contributed by atoms with Crippen LogP contribution >= 0.6 is 15.9 Å². The van der Waals surface area contributed by atoms with Crippen molar-refractivity contribution in [2.45, 2.75) is 0 Å². The number of nitrogens with zero attached hydrogens (tertiary/aromatic N) is 1. The first kappa shape index (κ1) is 11.8. The maximum Gasteiger partial charge on any atom is 0.338 e. The van der Waals surface area contributed by atoms with Crippen LogP contribution in [0.5, 0.6) is 0 Å². The van der Waals surface area contributed by atoms with Gasteiger partial charge in [0.05, 0.1) is 12.7 Å². The summed E-state index contributed by atoms with van der Waals surface area (Å²) in [6, 6.07) is 11.0. The first-order valence-electron chi connectivity index (χ1n) is 5.01. The summed E-state index contributed by atoms with van der Waals surface area (Å²) in [6.07, 6.45) is 1.69. The van der Waals surface area contributed by atoms with Crippen molar-refractivity contribution in [2.75, 3.05) is 7.11 Å². The molecule has 0 fully saturated rings. The van der Waals surface area contributed by atoms with E-state index in [0.717, 1.165) is 15.7 Å². The van der Waals surface area contributed by atoms with E-state index in [2.05, 4.69) is 20.9 Å². The van der Waals surface area contributed by atoms with Crippen molar-refractivity contribution in [1.82, 2.24) is 4.98 Å². The number of carbonyl (C=O) groups excluding carboxylic acids is 1. The van der Waals surface area contributed by atoms with E-state index < -0.39 is 0 Å². The number of esters is 1. The highest BCUT2D eigenvalue weighted by Crippen LogP contribution is 2.25. The average molecular weight is 292 g/mol. The molecule has 0 saturated carbocycles. The lowest BCUT2D eigenvalue weighted by Crippen LogP contribution is -2.03. The van der Waals surface area contributed by atoms with Crippen molar-refractivity contribution in [1.29, 1.82) is 0 Å². The summed E-state index contributed by atoms with van der Waals surface area (Å²) in [5.74, 6) is -0.339. The Kier molecular flexibility index (Phi) is 3.54. The highest BCUT2D eigenvalue weighted by Gasteiger charge is 2.12. The normalized spacial score (nSPS) is 10.0. The Balaban J connectivity index is 2.55. The number of rotatable bonds is 2. The molecule has 0 aliphatic heterocycles. The van der Waals surface area contributed by atoms with Crippen LogP contribution in [0.1, 0.15) is 10.4 Å². The molecule has 0 atom stereocenters. The Labute approximate surface area is 108 Å². The monoisotopic (exact) mass is 291 g/mol. The van der Waals surface area contributed by atoms with Crippen LogP contribution in [-0.2, 0) is 4.74 Å². The van der Waals surface area contributed by atoms with Gasteiger partial charge in [0.2, 0.25) is 0 Å². The van der Waals surface area contributed by atoms with Crippen LogP contribution in [0.25, 0.3) is 11.1 Å². The summed E-state index contributed by atoms with van der Waals surface area (Å²) in [6.45, 7) is 0. The van der Waals surface area contributed by atoms with E-state index in [1.165, 1.54) is 7.11 Å². The van der Waals surface area contributed by atoms with Gasteiger partial charge in [0.1, 0.15) is 4.60 Å². The molecule has 0 amide bonds. The van der Waals surface area contributed by atoms with Crippen LogP contribution < -0.4 is 0 Å². The summed E-state index contributed by atoms with van der Waals surface area (Å²) in [4.78, 5) is 15.7. The molecule has 0 aliphatic rings. The number of methoxy groups -OCH3 is 1. The van der Waals surface area contributed by atoms with E-state index in [0.29, 0.717) is 5.56 Å². The van der Waals surface area contributed by atoms with Crippen LogP contribution in [0.2, 0.25) is 0 Å². The number of carbonyl (C=O) groups is 1. The zero-order valence-electron chi connectivity index (χ0n) is 9.18. The highest BCUT2D eigenvalue weighted by molar-refractivity contribution is 9.10. The number of aromatic nitrogens is 1. The molecule has 1 aromatic carbocycles. The first-order chi connectivity index (χ1) is 8.22. The number of pyridine rings is 1. The standard InChI is InChI=1S/C13H10BrNO2/c1-17-13(16)11-5-3-2-4-10(11)9-6-7-15-12(14)8-9/h2-8H,1H3. The van der Waals surface area contributed by atoms with Gasteiger partial charge < -0.3 is 4.74 Å². The van der Waals surface area contributed by atoms with Gasteiger partial charge in [-0.25, -0.2) is 9.78 Å². The van der Waals surface area contributed by atoms with E-state index in [4.69, 9.17) is 4.74 Å². The van der Waals surface area contributed by atoms with Crippen molar-refractivity contribution in [3.05, 3.63) is 52.8 Å². The fourth-order valence-corrected chi connectivity index (χ4v) is 1.96. The number of benzene rings is 1. The zero-order chi connectivity index (χ0) is 12.3. The van der Waals surface area contributed by atoms with Crippen LogP contribution in [0, 0.1) is 0 Å². The van der Waals surface area contributed by atoms with Crippen molar-refractivity contribution in [3.63, 3.8) is 0 Å². The molecule has 0 aliphatic carbocycles. The third kappa shape index (κ3) is 2.53. The highest BCUT2D eigenvalue weighted by atomic mass is 79.9. The quantitative estimate of drug-likeness (QED) is 0.629. The van der Waals surface area contributed by atoms with E-state index in [-0.39, 0.29) is 5.97 Å². The smallest absolute Gasteiger partial charge is 0.338 e.